The topological polar surface area (TPSA) is 93.2 Å². The molecule has 0 saturated carbocycles. The molecule has 1 aliphatic rings. The number of amides is 1. The van der Waals surface area contributed by atoms with Gasteiger partial charge in [-0.2, -0.15) is 22.8 Å². The second kappa shape index (κ2) is 6.77. The van der Waals surface area contributed by atoms with Gasteiger partial charge in [0, 0.05) is 32.4 Å². The molecule has 3 aromatic rings. The largest absolute Gasteiger partial charge is 0.453 e. The van der Waals surface area contributed by atoms with Crippen LogP contribution in [0.25, 0.3) is 5.65 Å². The quantitative estimate of drug-likeness (QED) is 0.719. The summed E-state index contributed by atoms with van der Waals surface area (Å²) in [5.74, 6) is -1.03. The first kappa shape index (κ1) is 18.2. The third kappa shape index (κ3) is 3.49. The summed E-state index contributed by atoms with van der Waals surface area (Å²) >= 11 is 0. The van der Waals surface area contributed by atoms with Crippen LogP contribution < -0.4 is 10.2 Å². The van der Waals surface area contributed by atoms with Crippen LogP contribution in [0.2, 0.25) is 0 Å². The van der Waals surface area contributed by atoms with Gasteiger partial charge in [0.25, 0.3) is 11.7 Å². The van der Waals surface area contributed by atoms with Gasteiger partial charge in [-0.3, -0.25) is 9.48 Å². The summed E-state index contributed by atoms with van der Waals surface area (Å²) in [6.45, 7) is 1.06. The van der Waals surface area contributed by atoms with Gasteiger partial charge in [-0.05, 0) is 25.0 Å². The number of fused-ring (bicyclic) bond motifs is 1. The lowest BCUT2D eigenvalue weighted by atomic mass is 10.1. The number of nitrogens with one attached hydrogen (secondary N) is 1. The van der Waals surface area contributed by atoms with Gasteiger partial charge >= 0.3 is 6.18 Å². The Labute approximate surface area is 157 Å². The Bertz CT molecular complexity index is 1010. The molecule has 0 aliphatic carbocycles. The van der Waals surface area contributed by atoms with E-state index >= 15 is 0 Å². The van der Waals surface area contributed by atoms with Crippen LogP contribution in [-0.2, 0) is 13.2 Å². The lowest BCUT2D eigenvalue weighted by Crippen LogP contribution is -2.48. The molecule has 12 heteroatoms. The highest BCUT2D eigenvalue weighted by atomic mass is 19.4. The van der Waals surface area contributed by atoms with E-state index in [-0.39, 0.29) is 17.6 Å². The maximum atomic E-state index is 13.1. The predicted octanol–water partition coefficient (Wildman–Crippen LogP) is 1.28. The maximum absolute atomic E-state index is 13.1. The Balaban J connectivity index is 1.52. The average molecular weight is 394 g/mol. The lowest BCUT2D eigenvalue weighted by molar-refractivity contribution is -0.146. The molecule has 4 heterocycles. The monoisotopic (exact) mass is 394 g/mol. The number of aromatic nitrogens is 6. The molecule has 1 atom stereocenters. The molecule has 1 saturated heterocycles. The number of carbonyl (C=O) groups is 1. The molecule has 1 fully saturated rings. The van der Waals surface area contributed by atoms with Crippen molar-refractivity contribution in [2.45, 2.75) is 25.1 Å². The van der Waals surface area contributed by atoms with Crippen molar-refractivity contribution in [2.75, 3.05) is 18.0 Å². The zero-order valence-corrected chi connectivity index (χ0v) is 14.9. The number of anilines is 1. The Kier molecular flexibility index (Phi) is 4.40. The van der Waals surface area contributed by atoms with Crippen LogP contribution in [0.15, 0.2) is 24.5 Å². The Morgan fingerprint density at radius 3 is 2.82 bits per heavy atom. The molecular formula is C16H17F3N8O. The molecule has 3 aromatic heterocycles. The van der Waals surface area contributed by atoms with Crippen LogP contribution in [0.5, 0.6) is 0 Å². The van der Waals surface area contributed by atoms with Crippen molar-refractivity contribution in [1.29, 1.82) is 0 Å². The number of hydrogen-bond donors (Lipinski definition) is 1. The predicted molar refractivity (Wildman–Crippen MR) is 91.7 cm³/mol. The van der Waals surface area contributed by atoms with Crippen molar-refractivity contribution < 1.29 is 18.0 Å². The minimum absolute atomic E-state index is 0.0227. The summed E-state index contributed by atoms with van der Waals surface area (Å²) in [5, 5.41) is 17.7. The van der Waals surface area contributed by atoms with E-state index in [1.54, 1.807) is 24.0 Å². The van der Waals surface area contributed by atoms with Crippen LogP contribution in [0.1, 0.15) is 29.0 Å². The molecule has 4 rings (SSSR count). The van der Waals surface area contributed by atoms with E-state index < -0.39 is 12.0 Å². The van der Waals surface area contributed by atoms with Gasteiger partial charge in [-0.15, -0.1) is 15.3 Å². The van der Waals surface area contributed by atoms with E-state index in [0.29, 0.717) is 29.0 Å². The van der Waals surface area contributed by atoms with Crippen LogP contribution in [0.4, 0.5) is 19.0 Å². The van der Waals surface area contributed by atoms with E-state index in [1.165, 1.54) is 12.3 Å². The molecule has 1 amide bonds. The number of halogens is 3. The van der Waals surface area contributed by atoms with Crippen molar-refractivity contribution in [3.05, 3.63) is 35.9 Å². The molecule has 1 N–H and O–H groups in total. The molecular weight excluding hydrogens is 377 g/mol. The fourth-order valence-electron chi connectivity index (χ4n) is 3.23. The highest BCUT2D eigenvalue weighted by Gasteiger charge is 2.38. The van der Waals surface area contributed by atoms with Crippen molar-refractivity contribution in [3.8, 4) is 0 Å². The van der Waals surface area contributed by atoms with Crippen LogP contribution >= 0.6 is 0 Å². The summed E-state index contributed by atoms with van der Waals surface area (Å²) in [7, 11) is 1.72. The van der Waals surface area contributed by atoms with Crippen molar-refractivity contribution in [2.24, 2.45) is 7.05 Å². The van der Waals surface area contributed by atoms with Gasteiger partial charge in [0.05, 0.1) is 11.8 Å². The van der Waals surface area contributed by atoms with Gasteiger partial charge in [0.15, 0.2) is 5.65 Å². The number of aryl methyl sites for hydroxylation is 1. The normalized spacial score (nSPS) is 17.9. The number of carbonyl (C=O) groups excluding carboxylic acids is 1. The summed E-state index contributed by atoms with van der Waals surface area (Å²) in [5.41, 5.74) is 0.480. The van der Waals surface area contributed by atoms with Crippen LogP contribution in [0.3, 0.4) is 0 Å². The summed E-state index contributed by atoms with van der Waals surface area (Å²) in [6.07, 6.45) is -0.00337. The Morgan fingerprint density at radius 1 is 1.29 bits per heavy atom. The number of alkyl halides is 3. The summed E-state index contributed by atoms with van der Waals surface area (Å²) in [4.78, 5) is 14.2. The minimum atomic E-state index is -4.65. The highest BCUT2D eigenvalue weighted by molar-refractivity contribution is 5.93. The second-order valence-corrected chi connectivity index (χ2v) is 6.64. The fraction of sp³-hybridized carbons (Fsp3) is 0.438. The molecule has 9 nitrogen and oxygen atoms in total. The SMILES string of the molecule is Cn1cc(C(=O)NC2CCCN(c3ccc4nnc(C(F)(F)F)n4n3)C2)cn1. The average Bonchev–Trinajstić information content (AvgIpc) is 3.27. The number of rotatable bonds is 3. The third-order valence-electron chi connectivity index (χ3n) is 4.55. The van der Waals surface area contributed by atoms with Gasteiger partial charge in [-0.1, -0.05) is 0 Å². The van der Waals surface area contributed by atoms with Crippen molar-refractivity contribution in [1.82, 2.24) is 34.9 Å². The zero-order chi connectivity index (χ0) is 19.9. The van der Waals surface area contributed by atoms with E-state index in [2.05, 4.69) is 25.7 Å². The summed E-state index contributed by atoms with van der Waals surface area (Å²) < 4.78 is 41.4. The van der Waals surface area contributed by atoms with E-state index in [0.717, 1.165) is 12.8 Å². The van der Waals surface area contributed by atoms with Crippen LogP contribution in [-0.4, -0.2) is 54.6 Å². The summed E-state index contributed by atoms with van der Waals surface area (Å²) in [6, 6.07) is 2.90. The molecule has 1 unspecified atom stereocenters. The maximum Gasteiger partial charge on any atom is 0.453 e. The van der Waals surface area contributed by atoms with E-state index in [1.807, 2.05) is 4.90 Å². The Morgan fingerprint density at radius 2 is 2.11 bits per heavy atom. The number of piperidine rings is 1. The fourth-order valence-corrected chi connectivity index (χ4v) is 3.23. The van der Waals surface area contributed by atoms with Gasteiger partial charge in [0.2, 0.25) is 0 Å². The first-order valence-electron chi connectivity index (χ1n) is 8.65. The molecule has 148 valence electrons. The number of nitrogens with zero attached hydrogens (tertiary/aromatic N) is 7. The molecule has 1 aliphatic heterocycles. The minimum Gasteiger partial charge on any atom is -0.353 e. The molecule has 0 radical (unpaired) electrons. The molecule has 0 spiro atoms. The van der Waals surface area contributed by atoms with Gasteiger partial charge in [0.1, 0.15) is 5.82 Å². The molecule has 28 heavy (non-hydrogen) atoms. The zero-order valence-electron chi connectivity index (χ0n) is 14.9. The molecule has 0 bridgehead atoms. The molecule has 0 aromatic carbocycles. The third-order valence-corrected chi connectivity index (χ3v) is 4.55. The van der Waals surface area contributed by atoms with E-state index in [4.69, 9.17) is 0 Å². The van der Waals surface area contributed by atoms with Crippen molar-refractivity contribution in [3.63, 3.8) is 0 Å². The lowest BCUT2D eigenvalue weighted by Gasteiger charge is -2.33. The highest BCUT2D eigenvalue weighted by Crippen LogP contribution is 2.28. The van der Waals surface area contributed by atoms with E-state index in [9.17, 15) is 18.0 Å². The van der Waals surface area contributed by atoms with Crippen molar-refractivity contribution >= 4 is 17.4 Å². The van der Waals surface area contributed by atoms with Gasteiger partial charge in [-0.25, -0.2) is 0 Å². The van der Waals surface area contributed by atoms with Gasteiger partial charge < -0.3 is 10.2 Å². The van der Waals surface area contributed by atoms with Crippen LogP contribution in [0, 0.1) is 0 Å². The second-order valence-electron chi connectivity index (χ2n) is 6.64. The smallest absolute Gasteiger partial charge is 0.353 e. The number of hydrogen-bond acceptors (Lipinski definition) is 6. The standard InChI is InChI=1S/C16H17F3N8O/c1-25-8-10(7-20-25)14(28)21-11-3-2-6-26(9-11)13-5-4-12-22-23-15(16(17,18)19)27(12)24-13/h4-5,7-8,11H,2-3,6,9H2,1H3,(H,21,28). The first-order chi connectivity index (χ1) is 13.3. The Hall–Kier alpha value is -3.18. The first-order valence-corrected chi connectivity index (χ1v) is 8.65.